The van der Waals surface area contributed by atoms with Gasteiger partial charge in [0.15, 0.2) is 0 Å². The molecular formula is C12H16N2O2. The molecule has 0 aromatic heterocycles. The Morgan fingerprint density at radius 2 is 2.38 bits per heavy atom. The summed E-state index contributed by atoms with van der Waals surface area (Å²) in [6.45, 7) is 1.88. The maximum atomic E-state index is 9.22. The number of hydrogen-bond donors (Lipinski definition) is 2. The van der Waals surface area contributed by atoms with Crippen molar-refractivity contribution in [2.75, 3.05) is 30.4 Å². The zero-order chi connectivity index (χ0) is 11.1. The number of fused-ring (bicyclic) bond motifs is 3. The van der Waals surface area contributed by atoms with Gasteiger partial charge in [0.25, 0.3) is 0 Å². The van der Waals surface area contributed by atoms with Crippen molar-refractivity contribution in [3.63, 3.8) is 0 Å². The maximum absolute atomic E-state index is 9.22. The fourth-order valence-electron chi connectivity index (χ4n) is 2.67. The molecule has 4 heteroatoms. The molecule has 0 radical (unpaired) electrons. The van der Waals surface area contributed by atoms with Crippen molar-refractivity contribution in [3.05, 3.63) is 18.2 Å². The van der Waals surface area contributed by atoms with Gasteiger partial charge in [-0.3, -0.25) is 0 Å². The number of hydrogen-bond acceptors (Lipinski definition) is 4. The van der Waals surface area contributed by atoms with Crippen LogP contribution >= 0.6 is 0 Å². The van der Waals surface area contributed by atoms with Crippen molar-refractivity contribution >= 4 is 11.4 Å². The summed E-state index contributed by atoms with van der Waals surface area (Å²) in [6, 6.07) is 6.19. The topological polar surface area (TPSA) is 58.7 Å². The number of aliphatic hydroxyl groups is 1. The largest absolute Gasteiger partial charge is 0.489 e. The number of aliphatic hydroxyl groups excluding tert-OH is 1. The first-order chi connectivity index (χ1) is 7.78. The van der Waals surface area contributed by atoms with Crippen LogP contribution in [0.3, 0.4) is 0 Å². The van der Waals surface area contributed by atoms with Crippen molar-refractivity contribution in [2.45, 2.75) is 12.5 Å². The quantitative estimate of drug-likeness (QED) is 0.689. The molecule has 2 aliphatic rings. The van der Waals surface area contributed by atoms with Crippen LogP contribution in [0.2, 0.25) is 0 Å². The van der Waals surface area contributed by atoms with Gasteiger partial charge >= 0.3 is 0 Å². The third-order valence-electron chi connectivity index (χ3n) is 3.48. The van der Waals surface area contributed by atoms with E-state index in [1.807, 2.05) is 18.2 Å². The van der Waals surface area contributed by atoms with E-state index >= 15 is 0 Å². The van der Waals surface area contributed by atoms with Gasteiger partial charge in [0.2, 0.25) is 0 Å². The highest BCUT2D eigenvalue weighted by Gasteiger charge is 2.36. The summed E-state index contributed by atoms with van der Waals surface area (Å²) in [5.74, 6) is 1.24. The molecule has 3 rings (SSSR count). The highest BCUT2D eigenvalue weighted by Crippen LogP contribution is 2.40. The van der Waals surface area contributed by atoms with E-state index in [2.05, 4.69) is 4.90 Å². The third-order valence-corrected chi connectivity index (χ3v) is 3.48. The molecule has 3 N–H and O–H groups in total. The van der Waals surface area contributed by atoms with E-state index in [1.165, 1.54) is 0 Å². The summed E-state index contributed by atoms with van der Waals surface area (Å²) < 4.78 is 5.71. The number of nitrogen functional groups attached to an aromatic ring is 1. The number of anilines is 2. The molecule has 0 spiro atoms. The van der Waals surface area contributed by atoms with Crippen molar-refractivity contribution in [3.8, 4) is 5.75 Å². The van der Waals surface area contributed by atoms with E-state index in [9.17, 15) is 5.11 Å². The Balaban J connectivity index is 1.94. The lowest BCUT2D eigenvalue weighted by Gasteiger charge is -2.33. The van der Waals surface area contributed by atoms with E-state index in [0.29, 0.717) is 18.6 Å². The maximum Gasteiger partial charge on any atom is 0.144 e. The second kappa shape index (κ2) is 3.56. The smallest absolute Gasteiger partial charge is 0.144 e. The minimum absolute atomic E-state index is 0.261. The molecule has 86 valence electrons. The number of nitrogens with zero attached hydrogens (tertiary/aromatic N) is 1. The van der Waals surface area contributed by atoms with Gasteiger partial charge in [0.1, 0.15) is 12.4 Å². The zero-order valence-electron chi connectivity index (χ0n) is 9.10. The van der Waals surface area contributed by atoms with E-state index in [1.54, 1.807) is 0 Å². The lowest BCUT2D eigenvalue weighted by atomic mass is 10.1. The SMILES string of the molecule is Nc1ccc2c(c1)OCC1CC(CO)CN21. The second-order valence-corrected chi connectivity index (χ2v) is 4.63. The molecule has 1 aromatic carbocycles. The van der Waals surface area contributed by atoms with E-state index in [0.717, 1.165) is 30.1 Å². The molecule has 2 heterocycles. The van der Waals surface area contributed by atoms with Crippen molar-refractivity contribution in [1.29, 1.82) is 0 Å². The molecule has 4 nitrogen and oxygen atoms in total. The molecule has 0 aliphatic carbocycles. The zero-order valence-corrected chi connectivity index (χ0v) is 9.10. The first kappa shape index (κ1) is 9.78. The fraction of sp³-hybridized carbons (Fsp3) is 0.500. The number of benzene rings is 1. The van der Waals surface area contributed by atoms with E-state index in [-0.39, 0.29) is 6.61 Å². The predicted octanol–water partition coefficient (Wildman–Crippen LogP) is 0.848. The molecule has 0 saturated carbocycles. The molecule has 1 saturated heterocycles. The van der Waals surface area contributed by atoms with E-state index < -0.39 is 0 Å². The summed E-state index contributed by atoms with van der Waals surface area (Å²) in [6.07, 6.45) is 1.01. The monoisotopic (exact) mass is 220 g/mol. The summed E-state index contributed by atoms with van der Waals surface area (Å²) >= 11 is 0. The standard InChI is InChI=1S/C12H16N2O2/c13-9-1-2-11-12(4-9)16-7-10-3-8(6-15)5-14(10)11/h1-2,4,8,10,15H,3,5-7,13H2. The molecule has 0 bridgehead atoms. The molecule has 2 aliphatic heterocycles. The lowest BCUT2D eigenvalue weighted by molar-refractivity contribution is 0.228. The van der Waals surface area contributed by atoms with Gasteiger partial charge in [-0.15, -0.1) is 0 Å². The first-order valence-electron chi connectivity index (χ1n) is 5.68. The van der Waals surface area contributed by atoms with Gasteiger partial charge in [-0.1, -0.05) is 0 Å². The Hall–Kier alpha value is -1.42. The molecule has 1 aromatic rings. The molecule has 2 unspecified atom stereocenters. The average molecular weight is 220 g/mol. The summed E-state index contributed by atoms with van der Waals surface area (Å²) in [5, 5.41) is 9.22. The number of nitrogens with two attached hydrogens (primary N) is 1. The summed E-state index contributed by atoms with van der Waals surface area (Å²) in [5.41, 5.74) is 7.58. The van der Waals surface area contributed by atoms with Crippen LogP contribution in [0.4, 0.5) is 11.4 Å². The Morgan fingerprint density at radius 1 is 1.50 bits per heavy atom. The predicted molar refractivity (Wildman–Crippen MR) is 62.7 cm³/mol. The van der Waals surface area contributed by atoms with Gasteiger partial charge < -0.3 is 20.5 Å². The number of ether oxygens (including phenoxy) is 1. The van der Waals surface area contributed by atoms with E-state index in [4.69, 9.17) is 10.5 Å². The molecule has 16 heavy (non-hydrogen) atoms. The molecule has 0 amide bonds. The number of rotatable bonds is 1. The van der Waals surface area contributed by atoms with Crippen LogP contribution in [-0.4, -0.2) is 30.9 Å². The van der Waals surface area contributed by atoms with Gasteiger partial charge in [-0.05, 0) is 18.6 Å². The van der Waals surface area contributed by atoms with Crippen molar-refractivity contribution in [1.82, 2.24) is 0 Å². The van der Waals surface area contributed by atoms with Crippen LogP contribution in [0.15, 0.2) is 18.2 Å². The van der Waals surface area contributed by atoms with Crippen LogP contribution in [0.25, 0.3) is 0 Å². The van der Waals surface area contributed by atoms with Gasteiger partial charge in [-0.25, -0.2) is 0 Å². The van der Waals surface area contributed by atoms with Crippen LogP contribution in [0, 0.1) is 5.92 Å². The molecule has 1 fully saturated rings. The van der Waals surface area contributed by atoms with Gasteiger partial charge in [0, 0.05) is 30.8 Å². The second-order valence-electron chi connectivity index (χ2n) is 4.63. The Kier molecular flexibility index (Phi) is 2.17. The molecular weight excluding hydrogens is 204 g/mol. The summed E-state index contributed by atoms with van der Waals surface area (Å²) in [4.78, 5) is 2.33. The Bertz CT molecular complexity index is 408. The Morgan fingerprint density at radius 3 is 3.19 bits per heavy atom. The van der Waals surface area contributed by atoms with Crippen molar-refractivity contribution in [2.24, 2.45) is 5.92 Å². The first-order valence-corrected chi connectivity index (χ1v) is 5.68. The van der Waals surface area contributed by atoms with Crippen LogP contribution in [0.1, 0.15) is 6.42 Å². The van der Waals surface area contributed by atoms with Gasteiger partial charge in [-0.2, -0.15) is 0 Å². The normalized spacial score (nSPS) is 27.2. The Labute approximate surface area is 94.6 Å². The fourth-order valence-corrected chi connectivity index (χ4v) is 2.67. The highest BCUT2D eigenvalue weighted by atomic mass is 16.5. The minimum atomic E-state index is 0.261. The van der Waals surface area contributed by atoms with Gasteiger partial charge in [0.05, 0.1) is 11.7 Å². The summed E-state index contributed by atoms with van der Waals surface area (Å²) in [7, 11) is 0. The minimum Gasteiger partial charge on any atom is -0.489 e. The average Bonchev–Trinajstić information content (AvgIpc) is 2.71. The van der Waals surface area contributed by atoms with Crippen LogP contribution in [-0.2, 0) is 0 Å². The molecule has 2 atom stereocenters. The third kappa shape index (κ3) is 1.41. The van der Waals surface area contributed by atoms with Crippen molar-refractivity contribution < 1.29 is 9.84 Å². The highest BCUT2D eigenvalue weighted by molar-refractivity contribution is 5.66. The lowest BCUT2D eigenvalue weighted by Crippen LogP contribution is -2.38. The van der Waals surface area contributed by atoms with Crippen LogP contribution < -0.4 is 15.4 Å². The van der Waals surface area contributed by atoms with Crippen LogP contribution in [0.5, 0.6) is 5.75 Å².